The van der Waals surface area contributed by atoms with E-state index in [-0.39, 0.29) is 5.41 Å². The van der Waals surface area contributed by atoms with Crippen molar-refractivity contribution in [3.05, 3.63) is 64.7 Å². The van der Waals surface area contributed by atoms with Gasteiger partial charge in [0.15, 0.2) is 0 Å². The van der Waals surface area contributed by atoms with E-state index in [1.54, 1.807) is 5.57 Å². The second-order valence-corrected chi connectivity index (χ2v) is 7.73. The monoisotopic (exact) mass is 290 g/mol. The molecule has 0 bridgehead atoms. The minimum atomic E-state index is 0.147. The molecule has 0 nitrogen and oxygen atoms in total. The Morgan fingerprint density at radius 3 is 2.18 bits per heavy atom. The average molecular weight is 290 g/mol. The number of hydrogen-bond donors (Lipinski definition) is 0. The van der Waals surface area contributed by atoms with Crippen LogP contribution in [0.15, 0.2) is 48.0 Å². The lowest BCUT2D eigenvalue weighted by Gasteiger charge is -2.25. The molecule has 0 spiro atoms. The van der Waals surface area contributed by atoms with Crippen LogP contribution >= 0.6 is 0 Å². The third-order valence-electron chi connectivity index (χ3n) is 4.67. The maximum absolute atomic E-state index is 2.44. The first-order chi connectivity index (χ1) is 10.4. The molecule has 0 aromatic heterocycles. The SMILES string of the molecule is CC(C)C1=Cc2c(ccc(C(C)(C)C)c2-c2ccccc2)C1. The van der Waals surface area contributed by atoms with Crippen LogP contribution in [0.1, 0.15) is 51.3 Å². The van der Waals surface area contributed by atoms with Crippen molar-refractivity contribution in [3.8, 4) is 11.1 Å². The molecule has 3 rings (SSSR count). The van der Waals surface area contributed by atoms with Crippen molar-refractivity contribution in [3.63, 3.8) is 0 Å². The average Bonchev–Trinajstić information content (AvgIpc) is 2.90. The van der Waals surface area contributed by atoms with E-state index < -0.39 is 0 Å². The van der Waals surface area contributed by atoms with Crippen molar-refractivity contribution < 1.29 is 0 Å². The predicted molar refractivity (Wildman–Crippen MR) is 97.1 cm³/mol. The number of benzene rings is 2. The predicted octanol–water partition coefficient (Wildman–Crippen LogP) is 6.25. The van der Waals surface area contributed by atoms with Crippen molar-refractivity contribution in [2.45, 2.75) is 46.5 Å². The second kappa shape index (κ2) is 5.43. The van der Waals surface area contributed by atoms with Crippen LogP contribution in [0.25, 0.3) is 17.2 Å². The van der Waals surface area contributed by atoms with Crippen molar-refractivity contribution in [2.24, 2.45) is 5.92 Å². The molecule has 2 aromatic carbocycles. The molecule has 114 valence electrons. The number of rotatable bonds is 2. The molecule has 2 aromatic rings. The largest absolute Gasteiger partial charge is 0.0626 e. The van der Waals surface area contributed by atoms with E-state index in [0.717, 1.165) is 6.42 Å². The van der Waals surface area contributed by atoms with E-state index in [2.05, 4.69) is 83.2 Å². The van der Waals surface area contributed by atoms with E-state index in [1.807, 2.05) is 0 Å². The minimum Gasteiger partial charge on any atom is -0.0626 e. The molecule has 0 N–H and O–H groups in total. The minimum absolute atomic E-state index is 0.147. The Bertz CT molecular complexity index is 710. The maximum Gasteiger partial charge on any atom is -0.00550 e. The Hall–Kier alpha value is -1.82. The summed E-state index contributed by atoms with van der Waals surface area (Å²) in [6.45, 7) is 11.5. The summed E-state index contributed by atoms with van der Waals surface area (Å²) >= 11 is 0. The summed E-state index contributed by atoms with van der Waals surface area (Å²) in [6.07, 6.45) is 3.55. The zero-order chi connectivity index (χ0) is 15.9. The zero-order valence-corrected chi connectivity index (χ0v) is 14.4. The maximum atomic E-state index is 2.44. The summed E-state index contributed by atoms with van der Waals surface area (Å²) in [7, 11) is 0. The van der Waals surface area contributed by atoms with Gasteiger partial charge in [-0.1, -0.05) is 88.7 Å². The number of fused-ring (bicyclic) bond motifs is 1. The summed E-state index contributed by atoms with van der Waals surface area (Å²) in [5.41, 5.74) is 8.84. The molecule has 0 saturated carbocycles. The van der Waals surface area contributed by atoms with Gasteiger partial charge in [-0.05, 0) is 45.6 Å². The molecule has 1 aliphatic carbocycles. The molecule has 0 atom stereocenters. The summed E-state index contributed by atoms with van der Waals surface area (Å²) in [4.78, 5) is 0. The van der Waals surface area contributed by atoms with Crippen molar-refractivity contribution >= 4 is 6.08 Å². The highest BCUT2D eigenvalue weighted by Crippen LogP contribution is 2.42. The molecular formula is C22H26. The van der Waals surface area contributed by atoms with Crippen LogP contribution in [0.3, 0.4) is 0 Å². The van der Waals surface area contributed by atoms with Gasteiger partial charge in [0.05, 0.1) is 0 Å². The fraction of sp³-hybridized carbons (Fsp3) is 0.364. The molecule has 0 amide bonds. The summed E-state index contributed by atoms with van der Waals surface area (Å²) in [5.74, 6) is 0.620. The van der Waals surface area contributed by atoms with Crippen molar-refractivity contribution in [2.75, 3.05) is 0 Å². The van der Waals surface area contributed by atoms with E-state index >= 15 is 0 Å². The van der Waals surface area contributed by atoms with Gasteiger partial charge in [-0.2, -0.15) is 0 Å². The van der Waals surface area contributed by atoms with E-state index in [0.29, 0.717) is 5.92 Å². The first-order valence-corrected chi connectivity index (χ1v) is 8.30. The molecule has 0 fully saturated rings. The van der Waals surface area contributed by atoms with E-state index in [4.69, 9.17) is 0 Å². The first-order valence-electron chi connectivity index (χ1n) is 8.30. The third-order valence-corrected chi connectivity index (χ3v) is 4.67. The topological polar surface area (TPSA) is 0 Å². The molecule has 0 aliphatic heterocycles. The van der Waals surface area contributed by atoms with Crippen LogP contribution in [0, 0.1) is 5.92 Å². The second-order valence-electron chi connectivity index (χ2n) is 7.73. The lowest BCUT2D eigenvalue weighted by molar-refractivity contribution is 0.591. The number of allylic oxidation sites excluding steroid dienone is 1. The van der Waals surface area contributed by atoms with Gasteiger partial charge in [-0.25, -0.2) is 0 Å². The van der Waals surface area contributed by atoms with Gasteiger partial charge in [0.25, 0.3) is 0 Å². The fourth-order valence-electron chi connectivity index (χ4n) is 3.35. The molecular weight excluding hydrogens is 264 g/mol. The molecule has 22 heavy (non-hydrogen) atoms. The standard InChI is InChI=1S/C22H26/c1-15(2)18-13-17-11-12-20(22(3,4)5)21(19(17)14-18)16-9-7-6-8-10-16/h6-12,14-15H,13H2,1-5H3. The third kappa shape index (κ3) is 2.63. The quantitative estimate of drug-likeness (QED) is 0.613. The van der Waals surface area contributed by atoms with Gasteiger partial charge in [0.1, 0.15) is 0 Å². The lowest BCUT2D eigenvalue weighted by Crippen LogP contribution is -2.13. The van der Waals surface area contributed by atoms with Gasteiger partial charge in [-0.15, -0.1) is 0 Å². The van der Waals surface area contributed by atoms with Crippen molar-refractivity contribution in [1.82, 2.24) is 0 Å². The Morgan fingerprint density at radius 1 is 0.909 bits per heavy atom. The van der Waals surface area contributed by atoms with Crippen LogP contribution < -0.4 is 0 Å². The molecule has 0 unspecified atom stereocenters. The van der Waals surface area contributed by atoms with E-state index in [1.165, 1.54) is 27.8 Å². The molecule has 0 heteroatoms. The Morgan fingerprint density at radius 2 is 1.59 bits per heavy atom. The van der Waals surface area contributed by atoms with Crippen LogP contribution in [0.2, 0.25) is 0 Å². The normalized spacial score (nSPS) is 14.2. The fourth-order valence-corrected chi connectivity index (χ4v) is 3.35. The Balaban J connectivity index is 2.28. The van der Waals surface area contributed by atoms with Gasteiger partial charge in [-0.3, -0.25) is 0 Å². The lowest BCUT2D eigenvalue weighted by atomic mass is 9.79. The number of hydrogen-bond acceptors (Lipinski definition) is 0. The molecule has 0 saturated heterocycles. The molecule has 0 radical (unpaired) electrons. The Labute approximate surface area is 134 Å². The van der Waals surface area contributed by atoms with E-state index in [9.17, 15) is 0 Å². The molecule has 1 aliphatic rings. The highest BCUT2D eigenvalue weighted by molar-refractivity contribution is 5.84. The van der Waals surface area contributed by atoms with Gasteiger partial charge in [0.2, 0.25) is 0 Å². The summed E-state index contributed by atoms with van der Waals surface area (Å²) in [5, 5.41) is 0. The van der Waals surface area contributed by atoms with Crippen LogP contribution in [-0.4, -0.2) is 0 Å². The van der Waals surface area contributed by atoms with Gasteiger partial charge in [0, 0.05) is 0 Å². The summed E-state index contributed by atoms with van der Waals surface area (Å²) < 4.78 is 0. The van der Waals surface area contributed by atoms with Crippen LogP contribution in [0.5, 0.6) is 0 Å². The Kier molecular flexibility index (Phi) is 3.72. The highest BCUT2D eigenvalue weighted by Gasteiger charge is 2.25. The van der Waals surface area contributed by atoms with Crippen LogP contribution in [-0.2, 0) is 11.8 Å². The molecule has 0 heterocycles. The summed E-state index contributed by atoms with van der Waals surface area (Å²) in [6, 6.07) is 15.6. The highest BCUT2D eigenvalue weighted by atomic mass is 14.3. The van der Waals surface area contributed by atoms with Crippen LogP contribution in [0.4, 0.5) is 0 Å². The van der Waals surface area contributed by atoms with Crippen molar-refractivity contribution in [1.29, 1.82) is 0 Å². The zero-order valence-electron chi connectivity index (χ0n) is 14.4. The van der Waals surface area contributed by atoms with Gasteiger partial charge < -0.3 is 0 Å². The smallest absolute Gasteiger partial charge is 0.00550 e. The first kappa shape index (κ1) is 15.1. The van der Waals surface area contributed by atoms with Gasteiger partial charge >= 0.3 is 0 Å².